The van der Waals surface area contributed by atoms with Gasteiger partial charge in [0.2, 0.25) is 0 Å². The van der Waals surface area contributed by atoms with Crippen LogP contribution in [0.3, 0.4) is 0 Å². The molecule has 0 heterocycles. The predicted molar refractivity (Wildman–Crippen MR) is 47.3 cm³/mol. The van der Waals surface area contributed by atoms with E-state index in [9.17, 15) is 4.79 Å². The molecule has 0 saturated heterocycles. The van der Waals surface area contributed by atoms with Crippen LogP contribution in [0.1, 0.15) is 6.92 Å². The lowest BCUT2D eigenvalue weighted by Crippen LogP contribution is -2.09. The standard InChI is InChI=1S/C9H11NO2/c1-7(11)6-10-8-3-2-4-9(12)5-8/h2-5,10,12H,6H2,1H3. The van der Waals surface area contributed by atoms with Crippen molar-refractivity contribution in [2.45, 2.75) is 6.92 Å². The Morgan fingerprint density at radius 2 is 2.33 bits per heavy atom. The predicted octanol–water partition coefficient (Wildman–Crippen LogP) is 1.39. The third kappa shape index (κ3) is 2.62. The highest BCUT2D eigenvalue weighted by Crippen LogP contribution is 2.14. The molecule has 1 rings (SSSR count). The summed E-state index contributed by atoms with van der Waals surface area (Å²) in [6, 6.07) is 6.67. The van der Waals surface area contributed by atoms with Crippen LogP contribution in [0.15, 0.2) is 24.3 Å². The van der Waals surface area contributed by atoms with E-state index in [1.54, 1.807) is 24.3 Å². The molecule has 3 heteroatoms. The van der Waals surface area contributed by atoms with Crippen molar-refractivity contribution in [3.8, 4) is 5.75 Å². The Morgan fingerprint density at radius 1 is 1.58 bits per heavy atom. The first kappa shape index (κ1) is 8.59. The first-order valence-electron chi connectivity index (χ1n) is 3.71. The molecule has 0 atom stereocenters. The van der Waals surface area contributed by atoms with Gasteiger partial charge in [-0.2, -0.15) is 0 Å². The summed E-state index contributed by atoms with van der Waals surface area (Å²) in [5, 5.41) is 11.9. The summed E-state index contributed by atoms with van der Waals surface area (Å²) in [7, 11) is 0. The fourth-order valence-electron chi connectivity index (χ4n) is 0.842. The molecule has 0 saturated carbocycles. The van der Waals surface area contributed by atoms with Crippen molar-refractivity contribution >= 4 is 11.5 Å². The average Bonchev–Trinajstić information content (AvgIpc) is 2.01. The van der Waals surface area contributed by atoms with E-state index in [4.69, 9.17) is 5.11 Å². The maximum atomic E-state index is 10.6. The molecule has 1 aromatic carbocycles. The van der Waals surface area contributed by atoms with Crippen LogP contribution >= 0.6 is 0 Å². The summed E-state index contributed by atoms with van der Waals surface area (Å²) < 4.78 is 0. The number of phenolic OH excluding ortho intramolecular Hbond substituents is 1. The molecule has 0 aromatic heterocycles. The summed E-state index contributed by atoms with van der Waals surface area (Å²) in [4.78, 5) is 10.6. The summed E-state index contributed by atoms with van der Waals surface area (Å²) in [5.74, 6) is 0.266. The smallest absolute Gasteiger partial charge is 0.148 e. The van der Waals surface area contributed by atoms with Gasteiger partial charge in [-0.1, -0.05) is 6.07 Å². The quantitative estimate of drug-likeness (QED) is 0.711. The number of benzene rings is 1. The minimum atomic E-state index is 0.0679. The highest BCUT2D eigenvalue weighted by molar-refractivity contribution is 5.80. The molecule has 0 aliphatic rings. The van der Waals surface area contributed by atoms with Crippen molar-refractivity contribution in [2.75, 3.05) is 11.9 Å². The fraction of sp³-hybridized carbons (Fsp3) is 0.222. The van der Waals surface area contributed by atoms with Gasteiger partial charge in [0.1, 0.15) is 11.5 Å². The van der Waals surface area contributed by atoms with Crippen LogP contribution in [0.25, 0.3) is 0 Å². The number of Topliss-reactive ketones (excluding diaryl/α,β-unsaturated/α-hetero) is 1. The third-order valence-electron chi connectivity index (χ3n) is 1.39. The summed E-state index contributed by atoms with van der Waals surface area (Å²) in [6.45, 7) is 1.80. The number of anilines is 1. The molecule has 12 heavy (non-hydrogen) atoms. The van der Waals surface area contributed by atoms with Gasteiger partial charge in [0.25, 0.3) is 0 Å². The van der Waals surface area contributed by atoms with E-state index in [1.807, 2.05) is 0 Å². The number of phenols is 1. The van der Waals surface area contributed by atoms with Crippen LogP contribution in [0.2, 0.25) is 0 Å². The van der Waals surface area contributed by atoms with Gasteiger partial charge in [-0.25, -0.2) is 0 Å². The third-order valence-corrected chi connectivity index (χ3v) is 1.39. The average molecular weight is 165 g/mol. The number of hydrogen-bond donors (Lipinski definition) is 2. The van der Waals surface area contributed by atoms with Crippen LogP contribution in [-0.2, 0) is 4.79 Å². The van der Waals surface area contributed by atoms with E-state index in [0.717, 1.165) is 5.69 Å². The van der Waals surface area contributed by atoms with Crippen molar-refractivity contribution in [1.29, 1.82) is 0 Å². The maximum Gasteiger partial charge on any atom is 0.148 e. The Hall–Kier alpha value is -1.51. The zero-order valence-electron chi connectivity index (χ0n) is 6.87. The number of ketones is 1. The Kier molecular flexibility index (Phi) is 2.69. The second-order valence-electron chi connectivity index (χ2n) is 2.61. The number of carbonyl (C=O) groups is 1. The van der Waals surface area contributed by atoms with Gasteiger partial charge in [-0.15, -0.1) is 0 Å². The molecular weight excluding hydrogens is 154 g/mol. The monoisotopic (exact) mass is 165 g/mol. The lowest BCUT2D eigenvalue weighted by Gasteiger charge is -2.03. The maximum absolute atomic E-state index is 10.6. The highest BCUT2D eigenvalue weighted by atomic mass is 16.3. The minimum Gasteiger partial charge on any atom is -0.508 e. The molecule has 0 aliphatic carbocycles. The van der Waals surface area contributed by atoms with E-state index in [-0.39, 0.29) is 11.5 Å². The van der Waals surface area contributed by atoms with Gasteiger partial charge >= 0.3 is 0 Å². The Bertz CT molecular complexity index is 284. The molecule has 0 unspecified atom stereocenters. The van der Waals surface area contributed by atoms with Gasteiger partial charge in [0.05, 0.1) is 6.54 Å². The lowest BCUT2D eigenvalue weighted by atomic mass is 10.3. The Labute approximate surface area is 71.0 Å². The first-order valence-corrected chi connectivity index (χ1v) is 3.71. The molecule has 0 radical (unpaired) electrons. The van der Waals surface area contributed by atoms with E-state index in [2.05, 4.69) is 5.32 Å². The number of rotatable bonds is 3. The molecule has 3 nitrogen and oxygen atoms in total. The topological polar surface area (TPSA) is 49.3 Å². The van der Waals surface area contributed by atoms with Gasteiger partial charge < -0.3 is 10.4 Å². The molecule has 0 bridgehead atoms. The second kappa shape index (κ2) is 3.76. The van der Waals surface area contributed by atoms with Crippen LogP contribution in [0, 0.1) is 0 Å². The minimum absolute atomic E-state index is 0.0679. The summed E-state index contributed by atoms with van der Waals surface area (Å²) in [5.41, 5.74) is 0.755. The zero-order valence-corrected chi connectivity index (χ0v) is 6.87. The highest BCUT2D eigenvalue weighted by Gasteiger charge is 1.94. The molecule has 0 aliphatic heterocycles. The number of nitrogens with one attached hydrogen (secondary N) is 1. The van der Waals surface area contributed by atoms with Gasteiger partial charge in [-0.05, 0) is 19.1 Å². The molecule has 0 spiro atoms. The van der Waals surface area contributed by atoms with Gasteiger partial charge in [-0.3, -0.25) is 4.79 Å². The summed E-state index contributed by atoms with van der Waals surface area (Å²) >= 11 is 0. The largest absolute Gasteiger partial charge is 0.508 e. The Balaban J connectivity index is 2.57. The molecule has 0 amide bonds. The normalized spacial score (nSPS) is 9.42. The number of hydrogen-bond acceptors (Lipinski definition) is 3. The lowest BCUT2D eigenvalue weighted by molar-refractivity contribution is -0.115. The van der Waals surface area contributed by atoms with Crippen LogP contribution in [-0.4, -0.2) is 17.4 Å². The van der Waals surface area contributed by atoms with Crippen LogP contribution in [0.5, 0.6) is 5.75 Å². The molecule has 64 valence electrons. The van der Waals surface area contributed by atoms with Crippen LogP contribution in [0.4, 0.5) is 5.69 Å². The van der Waals surface area contributed by atoms with E-state index < -0.39 is 0 Å². The van der Waals surface area contributed by atoms with Crippen molar-refractivity contribution in [3.05, 3.63) is 24.3 Å². The SMILES string of the molecule is CC(=O)CNc1cccc(O)c1. The van der Waals surface area contributed by atoms with Gasteiger partial charge in [0, 0.05) is 11.8 Å². The van der Waals surface area contributed by atoms with Gasteiger partial charge in [0.15, 0.2) is 0 Å². The molecule has 1 aromatic rings. The second-order valence-corrected chi connectivity index (χ2v) is 2.61. The van der Waals surface area contributed by atoms with E-state index >= 15 is 0 Å². The Morgan fingerprint density at radius 3 is 2.92 bits per heavy atom. The summed E-state index contributed by atoms with van der Waals surface area (Å²) in [6.07, 6.45) is 0. The number of aromatic hydroxyl groups is 1. The van der Waals surface area contributed by atoms with E-state index in [1.165, 1.54) is 6.92 Å². The van der Waals surface area contributed by atoms with Crippen molar-refractivity contribution in [1.82, 2.24) is 0 Å². The first-order chi connectivity index (χ1) is 5.68. The molecule has 2 N–H and O–H groups in total. The fourth-order valence-corrected chi connectivity index (χ4v) is 0.842. The van der Waals surface area contributed by atoms with E-state index in [0.29, 0.717) is 6.54 Å². The zero-order chi connectivity index (χ0) is 8.97. The van der Waals surface area contributed by atoms with Crippen molar-refractivity contribution < 1.29 is 9.90 Å². The van der Waals surface area contributed by atoms with Crippen molar-refractivity contribution in [3.63, 3.8) is 0 Å². The number of carbonyl (C=O) groups excluding carboxylic acids is 1. The molecular formula is C9H11NO2. The van der Waals surface area contributed by atoms with Crippen molar-refractivity contribution in [2.24, 2.45) is 0 Å². The molecule has 0 fully saturated rings. The van der Waals surface area contributed by atoms with Crippen LogP contribution < -0.4 is 5.32 Å².